The maximum Gasteiger partial charge on any atom is 0.246 e. The van der Waals surface area contributed by atoms with Gasteiger partial charge in [0.15, 0.2) is 5.82 Å². The van der Waals surface area contributed by atoms with Crippen molar-refractivity contribution in [3.63, 3.8) is 0 Å². The molecular formula is C16H25N5O3. The van der Waals surface area contributed by atoms with Crippen LogP contribution in [0.4, 0.5) is 0 Å². The van der Waals surface area contributed by atoms with Gasteiger partial charge in [-0.25, -0.2) is 0 Å². The smallest absolute Gasteiger partial charge is 0.246 e. The van der Waals surface area contributed by atoms with Crippen molar-refractivity contribution in [3.8, 4) is 0 Å². The average Bonchev–Trinajstić information content (AvgIpc) is 3.00. The quantitative estimate of drug-likeness (QED) is 0.770. The van der Waals surface area contributed by atoms with Gasteiger partial charge >= 0.3 is 0 Å². The fourth-order valence-electron chi connectivity index (χ4n) is 3.56. The molecule has 0 saturated carbocycles. The largest absolute Gasteiger partial charge is 0.341 e. The molecule has 0 aliphatic carbocycles. The first-order valence-electron chi connectivity index (χ1n) is 8.50. The zero-order valence-corrected chi connectivity index (χ0v) is 14.6. The number of aryl methyl sites for hydroxylation is 1. The summed E-state index contributed by atoms with van der Waals surface area (Å²) < 4.78 is 5.05. The van der Waals surface area contributed by atoms with Gasteiger partial charge in [0.1, 0.15) is 6.04 Å². The van der Waals surface area contributed by atoms with Crippen LogP contribution < -0.4 is 0 Å². The molecule has 1 aromatic heterocycles. The molecule has 3 rings (SSSR count). The van der Waals surface area contributed by atoms with E-state index in [2.05, 4.69) is 15.0 Å². The van der Waals surface area contributed by atoms with E-state index in [0.717, 1.165) is 25.2 Å². The number of hydrogen-bond acceptors (Lipinski definition) is 6. The van der Waals surface area contributed by atoms with E-state index in [0.29, 0.717) is 32.1 Å². The zero-order valence-electron chi connectivity index (χ0n) is 14.6. The van der Waals surface area contributed by atoms with E-state index >= 15 is 0 Å². The van der Waals surface area contributed by atoms with Gasteiger partial charge in [-0.3, -0.25) is 9.59 Å². The maximum absolute atomic E-state index is 12.9. The van der Waals surface area contributed by atoms with E-state index in [4.69, 9.17) is 4.52 Å². The number of carbonyl (C=O) groups is 2. The van der Waals surface area contributed by atoms with Gasteiger partial charge in [0, 0.05) is 52.5 Å². The van der Waals surface area contributed by atoms with E-state index in [1.165, 1.54) is 6.92 Å². The molecule has 2 fully saturated rings. The SMILES string of the molecule is CC(=O)N1CCN(C)CC1C(=O)N1CCC(c2noc(C)n2)CC1. The molecule has 0 spiro atoms. The molecule has 2 amide bonds. The van der Waals surface area contributed by atoms with Crippen molar-refractivity contribution in [1.82, 2.24) is 24.8 Å². The lowest BCUT2D eigenvalue weighted by Crippen LogP contribution is -2.60. The minimum atomic E-state index is -0.370. The predicted octanol–water partition coefficient (Wildman–Crippen LogP) is 0.247. The molecule has 0 N–H and O–H groups in total. The van der Waals surface area contributed by atoms with Crippen molar-refractivity contribution in [2.24, 2.45) is 0 Å². The molecule has 132 valence electrons. The molecule has 2 saturated heterocycles. The van der Waals surface area contributed by atoms with Gasteiger partial charge in [0.25, 0.3) is 0 Å². The highest BCUT2D eigenvalue weighted by atomic mass is 16.5. The van der Waals surface area contributed by atoms with Gasteiger partial charge in [-0.05, 0) is 19.9 Å². The Balaban J connectivity index is 1.62. The fraction of sp³-hybridized carbons (Fsp3) is 0.750. The molecule has 0 aromatic carbocycles. The number of nitrogens with zero attached hydrogens (tertiary/aromatic N) is 5. The van der Waals surface area contributed by atoms with Gasteiger partial charge < -0.3 is 19.2 Å². The van der Waals surface area contributed by atoms with Crippen molar-refractivity contribution in [1.29, 1.82) is 0 Å². The lowest BCUT2D eigenvalue weighted by molar-refractivity contribution is -0.148. The van der Waals surface area contributed by atoms with E-state index in [-0.39, 0.29) is 23.8 Å². The average molecular weight is 335 g/mol. The minimum absolute atomic E-state index is 0.0291. The summed E-state index contributed by atoms with van der Waals surface area (Å²) in [6.45, 7) is 6.68. The molecule has 1 atom stereocenters. The second-order valence-electron chi connectivity index (χ2n) is 6.76. The standard InChI is InChI=1S/C16H25N5O3/c1-11-17-15(18-24-11)13-4-6-20(7-5-13)16(23)14-10-19(3)8-9-21(14)12(2)22/h13-14H,4-10H2,1-3H3. The van der Waals surface area contributed by atoms with Crippen molar-refractivity contribution in [2.75, 3.05) is 39.8 Å². The Labute approximate surface area is 141 Å². The molecule has 2 aliphatic rings. The van der Waals surface area contributed by atoms with E-state index < -0.39 is 0 Å². The van der Waals surface area contributed by atoms with Gasteiger partial charge in [-0.1, -0.05) is 5.16 Å². The third kappa shape index (κ3) is 3.43. The van der Waals surface area contributed by atoms with Crippen LogP contribution in [0.25, 0.3) is 0 Å². The second kappa shape index (κ2) is 6.88. The van der Waals surface area contributed by atoms with E-state index in [9.17, 15) is 9.59 Å². The van der Waals surface area contributed by atoms with Crippen LogP contribution in [0, 0.1) is 6.92 Å². The number of amides is 2. The zero-order chi connectivity index (χ0) is 17.3. The summed E-state index contributed by atoms with van der Waals surface area (Å²) in [6.07, 6.45) is 1.65. The summed E-state index contributed by atoms with van der Waals surface area (Å²) in [5.41, 5.74) is 0. The first kappa shape index (κ1) is 16.9. The van der Waals surface area contributed by atoms with Crippen molar-refractivity contribution in [3.05, 3.63) is 11.7 Å². The summed E-state index contributed by atoms with van der Waals surface area (Å²) in [5.74, 6) is 1.58. The Kier molecular flexibility index (Phi) is 4.84. The highest BCUT2D eigenvalue weighted by Gasteiger charge is 2.37. The first-order chi connectivity index (χ1) is 11.5. The molecule has 0 bridgehead atoms. The number of carbonyl (C=O) groups excluding carboxylic acids is 2. The Bertz CT molecular complexity index is 609. The monoisotopic (exact) mass is 335 g/mol. The minimum Gasteiger partial charge on any atom is -0.341 e. The number of likely N-dealkylation sites (tertiary alicyclic amines) is 1. The molecule has 1 unspecified atom stereocenters. The van der Waals surface area contributed by atoms with Crippen LogP contribution in [0.1, 0.15) is 37.4 Å². The van der Waals surface area contributed by atoms with Crippen molar-refractivity contribution < 1.29 is 14.1 Å². The predicted molar refractivity (Wildman–Crippen MR) is 86.3 cm³/mol. The maximum atomic E-state index is 12.9. The Morgan fingerprint density at radius 1 is 1.17 bits per heavy atom. The Morgan fingerprint density at radius 2 is 1.88 bits per heavy atom. The third-order valence-electron chi connectivity index (χ3n) is 4.99. The Morgan fingerprint density at radius 3 is 2.46 bits per heavy atom. The summed E-state index contributed by atoms with van der Waals surface area (Å²) in [7, 11) is 1.99. The third-order valence-corrected chi connectivity index (χ3v) is 4.99. The first-order valence-corrected chi connectivity index (χ1v) is 8.50. The van der Waals surface area contributed by atoms with Gasteiger partial charge in [-0.15, -0.1) is 0 Å². The van der Waals surface area contributed by atoms with Crippen LogP contribution in [0.5, 0.6) is 0 Å². The molecule has 0 radical (unpaired) electrons. The topological polar surface area (TPSA) is 82.8 Å². The van der Waals surface area contributed by atoms with Crippen LogP contribution in [-0.2, 0) is 9.59 Å². The lowest BCUT2D eigenvalue weighted by atomic mass is 9.95. The molecular weight excluding hydrogens is 310 g/mol. The van der Waals surface area contributed by atoms with Gasteiger partial charge in [0.05, 0.1) is 0 Å². The normalized spacial score (nSPS) is 23.5. The number of piperidine rings is 1. The second-order valence-corrected chi connectivity index (χ2v) is 6.76. The number of rotatable bonds is 2. The number of likely N-dealkylation sites (N-methyl/N-ethyl adjacent to an activating group) is 1. The van der Waals surface area contributed by atoms with Crippen LogP contribution in [0.2, 0.25) is 0 Å². The molecule has 1 aromatic rings. The summed E-state index contributed by atoms with van der Waals surface area (Å²) >= 11 is 0. The lowest BCUT2D eigenvalue weighted by Gasteiger charge is -2.42. The number of piperazine rings is 1. The Hall–Kier alpha value is -1.96. The van der Waals surface area contributed by atoms with E-state index in [1.807, 2.05) is 11.9 Å². The molecule has 24 heavy (non-hydrogen) atoms. The van der Waals surface area contributed by atoms with Crippen LogP contribution in [0.15, 0.2) is 4.52 Å². The van der Waals surface area contributed by atoms with Crippen LogP contribution in [-0.4, -0.2) is 82.5 Å². The molecule has 8 heteroatoms. The van der Waals surface area contributed by atoms with Crippen LogP contribution >= 0.6 is 0 Å². The number of aromatic nitrogens is 2. The summed E-state index contributed by atoms with van der Waals surface area (Å²) in [5, 5.41) is 4.00. The fourth-order valence-corrected chi connectivity index (χ4v) is 3.56. The molecule has 2 aliphatic heterocycles. The van der Waals surface area contributed by atoms with Gasteiger partial charge in [-0.2, -0.15) is 4.98 Å². The highest BCUT2D eigenvalue weighted by Crippen LogP contribution is 2.27. The van der Waals surface area contributed by atoms with Crippen LogP contribution in [0.3, 0.4) is 0 Å². The van der Waals surface area contributed by atoms with Crippen molar-refractivity contribution in [2.45, 2.75) is 38.6 Å². The van der Waals surface area contributed by atoms with Gasteiger partial charge in [0.2, 0.25) is 17.7 Å². The van der Waals surface area contributed by atoms with Crippen molar-refractivity contribution >= 4 is 11.8 Å². The molecule has 3 heterocycles. The number of hydrogen-bond donors (Lipinski definition) is 0. The highest BCUT2D eigenvalue weighted by molar-refractivity contribution is 5.87. The summed E-state index contributed by atoms with van der Waals surface area (Å²) in [4.78, 5) is 34.8. The summed E-state index contributed by atoms with van der Waals surface area (Å²) in [6, 6.07) is -0.370. The molecule has 8 nitrogen and oxygen atoms in total. The van der Waals surface area contributed by atoms with E-state index in [1.54, 1.807) is 11.8 Å².